The van der Waals surface area contributed by atoms with Gasteiger partial charge in [0, 0.05) is 0 Å². The maximum Gasteiger partial charge on any atom is 0.187 e. The molecule has 31 nitrogen and oxygen atoms in total. The van der Waals surface area contributed by atoms with Crippen LogP contribution in [0.1, 0.15) is 0 Å². The van der Waals surface area contributed by atoms with Gasteiger partial charge in [-0.1, -0.05) is 0 Å². The molecule has 0 aromatic carbocycles. The maximum absolute atomic E-state index is 11.6. The van der Waals surface area contributed by atoms with Crippen molar-refractivity contribution < 1.29 is 154 Å². The van der Waals surface area contributed by atoms with Crippen LogP contribution in [0.15, 0.2) is 0 Å². The first-order chi connectivity index (χ1) is 31.7. The second kappa shape index (κ2) is 23.5. The summed E-state index contributed by atoms with van der Waals surface area (Å²) in [4.78, 5) is 0. The first-order valence-corrected chi connectivity index (χ1v) is 21.1. The Kier molecular flexibility index (Phi) is 19.4. The van der Waals surface area contributed by atoms with Crippen LogP contribution >= 0.6 is 0 Å². The molecule has 392 valence electrons. The fourth-order valence-corrected chi connectivity index (χ4v) is 8.29. The average molecular weight is 991 g/mol. The van der Waals surface area contributed by atoms with Gasteiger partial charge in [-0.25, -0.2) is 0 Å². The van der Waals surface area contributed by atoms with E-state index in [0.29, 0.717) is 0 Å². The topological polar surface area (TPSA) is 506 Å². The molecule has 0 saturated carbocycles. The molecular weight excluding hydrogens is 928 g/mol. The van der Waals surface area contributed by atoms with E-state index in [1.807, 2.05) is 0 Å². The molecule has 0 radical (unpaired) electrons. The lowest BCUT2D eigenvalue weighted by atomic mass is 9.95. The third-order valence-corrected chi connectivity index (χ3v) is 12.4. The fourth-order valence-electron chi connectivity index (χ4n) is 8.29. The van der Waals surface area contributed by atoms with Gasteiger partial charge in [0.1, 0.15) is 146 Å². The van der Waals surface area contributed by atoms with E-state index >= 15 is 0 Å². The van der Waals surface area contributed by atoms with Crippen LogP contribution in [-0.2, 0) is 52.1 Å². The van der Waals surface area contributed by atoms with Crippen LogP contribution in [0.5, 0.6) is 0 Å². The van der Waals surface area contributed by atoms with Gasteiger partial charge in [0.2, 0.25) is 0 Å². The summed E-state index contributed by atoms with van der Waals surface area (Å²) in [5, 5.41) is 210. The molecule has 0 bridgehead atoms. The lowest BCUT2D eigenvalue weighted by Crippen LogP contribution is -2.68. The zero-order chi connectivity index (χ0) is 49.3. The molecule has 6 saturated heterocycles. The van der Waals surface area contributed by atoms with Gasteiger partial charge in [-0.3, -0.25) is 0 Å². The van der Waals surface area contributed by atoms with Crippen LogP contribution in [0.25, 0.3) is 0 Å². The third kappa shape index (κ3) is 11.5. The molecule has 0 spiro atoms. The van der Waals surface area contributed by atoms with Gasteiger partial charge in [-0.2, -0.15) is 0 Å². The monoisotopic (exact) mass is 990 g/mol. The lowest BCUT2D eigenvalue weighted by molar-refractivity contribution is -0.393. The van der Waals surface area contributed by atoms with Crippen molar-refractivity contribution in [2.45, 2.75) is 184 Å². The normalized spacial score (nSPS) is 53.4. The molecule has 0 aliphatic carbocycles. The highest BCUT2D eigenvalue weighted by atomic mass is 16.8. The minimum Gasteiger partial charge on any atom is -0.394 e. The van der Waals surface area contributed by atoms with Crippen molar-refractivity contribution in [2.75, 3.05) is 39.6 Å². The number of hydrogen-bond donors (Lipinski definition) is 20. The zero-order valence-electron chi connectivity index (χ0n) is 35.0. The molecule has 0 amide bonds. The highest BCUT2D eigenvalue weighted by Gasteiger charge is 2.56. The average Bonchev–Trinajstić information content (AvgIpc) is 3.31. The van der Waals surface area contributed by atoms with Crippen LogP contribution in [0.3, 0.4) is 0 Å². The van der Waals surface area contributed by atoms with Crippen LogP contribution < -0.4 is 0 Å². The van der Waals surface area contributed by atoms with Crippen molar-refractivity contribution >= 4 is 0 Å². The van der Waals surface area contributed by atoms with Gasteiger partial charge in [0.05, 0.1) is 39.6 Å². The molecule has 31 heteroatoms. The molecule has 20 N–H and O–H groups in total. The molecule has 6 aliphatic heterocycles. The molecule has 6 aliphatic rings. The van der Waals surface area contributed by atoms with E-state index in [1.54, 1.807) is 0 Å². The van der Waals surface area contributed by atoms with E-state index in [0.717, 1.165) is 0 Å². The predicted octanol–water partition coefficient (Wildman–Crippen LogP) is -14.1. The number of hydrogen-bond acceptors (Lipinski definition) is 31. The first kappa shape index (κ1) is 55.1. The number of rotatable bonds is 16. The molecule has 67 heavy (non-hydrogen) atoms. The Morgan fingerprint density at radius 2 is 0.522 bits per heavy atom. The van der Waals surface area contributed by atoms with E-state index in [9.17, 15) is 102 Å². The minimum atomic E-state index is -2.27. The molecule has 6 fully saturated rings. The SMILES string of the molecule is OC[C@H]1O[C@@H](O[C@@H]2[C@@H](O)[C@@H](O[C@@H]3[C@@H](O)[C@H](O[C@@H]4[C@@H](O)[C@H](O)O[C@H](CO[C@H]5O[C@H](CO)[C@@H](O)[C@H](O)[C@@H]5O)[C@H]4O)O[C@H](CO)[C@H]3O)O[C@H](CO[C@@H]3O[C@H](CO)[C@@H](O)[C@H](O)[C@H]3O)[C@H]2O)[C@H](O)[C@@H](O)[C@H]1O. The van der Waals surface area contributed by atoms with Crippen molar-refractivity contribution in [3.8, 4) is 0 Å². The van der Waals surface area contributed by atoms with Gasteiger partial charge < -0.3 is 154 Å². The standard InChI is InChI=1S/C36H62O31/c37-1-7-13(41)19(47)22(50)32(60-7)57-5-11-17(45)28(25(53)31(56)59-11)65-35-26(54)29(16(44)10(4-40)63-35)67-36-27(55)30(66-34-24(52)21(49)15(43)9(3-39)62-34)18(46)12(64-36)6-58-33-23(51)20(48)14(42)8(2-38)61-33/h7-56H,1-6H2/t7-,8-,9-,10-,11-,12-,13-,14-,15+,16-,17-,18-,19+,20+,21+,22+,23-,24-,25-,26-,27-,28+,29+,30+,31-,32+,33-,34+,35+,36-/m1/s1. The van der Waals surface area contributed by atoms with Crippen molar-refractivity contribution in [1.29, 1.82) is 0 Å². The van der Waals surface area contributed by atoms with E-state index in [2.05, 4.69) is 0 Å². The second-order valence-corrected chi connectivity index (χ2v) is 16.8. The Hall–Kier alpha value is -1.24. The molecular formula is C36H62O31. The summed E-state index contributed by atoms with van der Waals surface area (Å²) in [5.41, 5.74) is 0. The Morgan fingerprint density at radius 1 is 0.254 bits per heavy atom. The fraction of sp³-hybridized carbons (Fsp3) is 1.00. The van der Waals surface area contributed by atoms with Gasteiger partial charge >= 0.3 is 0 Å². The smallest absolute Gasteiger partial charge is 0.187 e. The maximum atomic E-state index is 11.6. The van der Waals surface area contributed by atoms with E-state index < -0.39 is 224 Å². The Labute approximate surface area is 378 Å². The number of ether oxygens (including phenoxy) is 11. The van der Waals surface area contributed by atoms with Gasteiger partial charge in [-0.15, -0.1) is 0 Å². The van der Waals surface area contributed by atoms with Gasteiger partial charge in [-0.05, 0) is 0 Å². The number of aliphatic hydroxyl groups is 20. The van der Waals surface area contributed by atoms with E-state index in [-0.39, 0.29) is 0 Å². The Bertz CT molecular complexity index is 1500. The molecule has 0 unspecified atom stereocenters. The Balaban J connectivity index is 1.20. The van der Waals surface area contributed by atoms with Crippen LogP contribution in [0, 0.1) is 0 Å². The second-order valence-electron chi connectivity index (χ2n) is 16.8. The van der Waals surface area contributed by atoms with Crippen molar-refractivity contribution in [2.24, 2.45) is 0 Å². The van der Waals surface area contributed by atoms with E-state index in [1.165, 1.54) is 0 Å². The van der Waals surface area contributed by atoms with Crippen molar-refractivity contribution in [1.82, 2.24) is 0 Å². The molecule has 6 rings (SSSR count). The van der Waals surface area contributed by atoms with Crippen LogP contribution in [0.4, 0.5) is 0 Å². The van der Waals surface area contributed by atoms with E-state index in [4.69, 9.17) is 52.1 Å². The summed E-state index contributed by atoms with van der Waals surface area (Å²) >= 11 is 0. The van der Waals surface area contributed by atoms with Crippen molar-refractivity contribution in [3.63, 3.8) is 0 Å². The van der Waals surface area contributed by atoms with Crippen molar-refractivity contribution in [3.05, 3.63) is 0 Å². The third-order valence-electron chi connectivity index (χ3n) is 12.4. The summed E-state index contributed by atoms with van der Waals surface area (Å²) in [6.07, 6.45) is -57.8. The highest BCUT2D eigenvalue weighted by molar-refractivity contribution is 4.99. The predicted molar refractivity (Wildman–Crippen MR) is 199 cm³/mol. The highest BCUT2D eigenvalue weighted by Crippen LogP contribution is 2.35. The van der Waals surface area contributed by atoms with Gasteiger partial charge in [0.25, 0.3) is 0 Å². The summed E-state index contributed by atoms with van der Waals surface area (Å²) in [6, 6.07) is 0. The molecule has 30 atom stereocenters. The summed E-state index contributed by atoms with van der Waals surface area (Å²) in [5.74, 6) is 0. The van der Waals surface area contributed by atoms with Crippen LogP contribution in [-0.4, -0.2) is 326 Å². The molecule has 6 heterocycles. The first-order valence-electron chi connectivity index (χ1n) is 21.1. The molecule has 0 aromatic rings. The quantitative estimate of drug-likeness (QED) is 0.0683. The largest absolute Gasteiger partial charge is 0.394 e. The number of aliphatic hydroxyl groups excluding tert-OH is 20. The summed E-state index contributed by atoms with van der Waals surface area (Å²) < 4.78 is 60.5. The Morgan fingerprint density at radius 3 is 0.896 bits per heavy atom. The van der Waals surface area contributed by atoms with Crippen LogP contribution in [0.2, 0.25) is 0 Å². The molecule has 0 aromatic heterocycles. The summed E-state index contributed by atoms with van der Waals surface area (Å²) in [6.45, 7) is -5.31. The minimum absolute atomic E-state index is 0.790. The lowest BCUT2D eigenvalue weighted by Gasteiger charge is -2.49. The van der Waals surface area contributed by atoms with Gasteiger partial charge in [0.15, 0.2) is 37.7 Å². The zero-order valence-corrected chi connectivity index (χ0v) is 35.0. The summed E-state index contributed by atoms with van der Waals surface area (Å²) in [7, 11) is 0.